The topological polar surface area (TPSA) is 107 Å². The van der Waals surface area contributed by atoms with Gasteiger partial charge in [-0.1, -0.05) is 12.2 Å². The van der Waals surface area contributed by atoms with E-state index in [1.165, 1.54) is 12.1 Å². The summed E-state index contributed by atoms with van der Waals surface area (Å²) in [5.41, 5.74) is -0.335. The van der Waals surface area contributed by atoms with Crippen LogP contribution in [0.5, 0.6) is 5.75 Å². The number of allylic oxidation sites excluding steroid dienone is 2. The third kappa shape index (κ3) is 2.17. The first-order valence-corrected chi connectivity index (χ1v) is 7.91. The average molecular weight is 342 g/mol. The van der Waals surface area contributed by atoms with Crippen LogP contribution in [0.2, 0.25) is 0 Å². The summed E-state index contributed by atoms with van der Waals surface area (Å²) in [6.45, 7) is 1.13. The normalized spacial score (nSPS) is 29.2. The van der Waals surface area contributed by atoms with Crippen molar-refractivity contribution in [3.8, 4) is 5.75 Å². The molecule has 8 heteroatoms. The third-order valence-electron chi connectivity index (χ3n) is 5.12. The molecule has 1 aromatic rings. The lowest BCUT2D eigenvalue weighted by Gasteiger charge is -2.17. The SMILES string of the molecule is CC(=O)Oc1ccc(N2C(=O)[C@@H]3[C@H](C2=O)[C@H]2C=C[C@H]3C2)cc1[N+](=O)[O-]. The number of nitro groups is 1. The smallest absolute Gasteiger partial charge is 0.313 e. The lowest BCUT2D eigenvalue weighted by atomic mass is 9.85. The molecule has 2 amide bonds. The first-order valence-electron chi connectivity index (χ1n) is 7.91. The van der Waals surface area contributed by atoms with E-state index in [9.17, 15) is 24.5 Å². The lowest BCUT2D eigenvalue weighted by molar-refractivity contribution is -0.385. The molecule has 2 bridgehead atoms. The monoisotopic (exact) mass is 342 g/mol. The molecule has 1 saturated heterocycles. The minimum absolute atomic E-state index is 0.0618. The Labute approximate surface area is 142 Å². The highest BCUT2D eigenvalue weighted by Crippen LogP contribution is 2.53. The molecule has 8 nitrogen and oxygen atoms in total. The largest absolute Gasteiger partial charge is 0.419 e. The van der Waals surface area contributed by atoms with Crippen molar-refractivity contribution in [2.24, 2.45) is 23.7 Å². The van der Waals surface area contributed by atoms with Crippen LogP contribution in [0.3, 0.4) is 0 Å². The van der Waals surface area contributed by atoms with Crippen molar-refractivity contribution < 1.29 is 24.0 Å². The van der Waals surface area contributed by atoms with Gasteiger partial charge in [0, 0.05) is 13.0 Å². The first kappa shape index (κ1) is 15.5. The van der Waals surface area contributed by atoms with Gasteiger partial charge < -0.3 is 4.74 Å². The highest BCUT2D eigenvalue weighted by Gasteiger charge is 2.59. The summed E-state index contributed by atoms with van der Waals surface area (Å²) in [5, 5.41) is 11.3. The molecule has 0 aromatic heterocycles. The van der Waals surface area contributed by atoms with Crippen molar-refractivity contribution in [2.75, 3.05) is 4.90 Å². The number of carbonyl (C=O) groups excluding carboxylic acids is 3. The van der Waals surface area contributed by atoms with Crippen LogP contribution in [-0.4, -0.2) is 22.7 Å². The maximum Gasteiger partial charge on any atom is 0.313 e. The number of hydrogen-bond donors (Lipinski definition) is 0. The predicted octanol–water partition coefficient (Wildman–Crippen LogP) is 1.83. The van der Waals surface area contributed by atoms with Crippen LogP contribution in [0, 0.1) is 33.8 Å². The van der Waals surface area contributed by atoms with Gasteiger partial charge in [-0.05, 0) is 30.4 Å². The lowest BCUT2D eigenvalue weighted by Crippen LogP contribution is -2.32. The van der Waals surface area contributed by atoms with Crippen LogP contribution in [0.4, 0.5) is 11.4 Å². The zero-order valence-corrected chi connectivity index (χ0v) is 13.2. The van der Waals surface area contributed by atoms with Gasteiger partial charge in [0.05, 0.1) is 22.4 Å². The second-order valence-corrected chi connectivity index (χ2v) is 6.51. The van der Waals surface area contributed by atoms with E-state index in [4.69, 9.17) is 4.74 Å². The number of nitro benzene ring substituents is 1. The molecule has 1 aliphatic heterocycles. The number of anilines is 1. The number of fused-ring (bicyclic) bond motifs is 5. The third-order valence-corrected chi connectivity index (χ3v) is 5.12. The van der Waals surface area contributed by atoms with Crippen molar-refractivity contribution >= 4 is 29.2 Å². The summed E-state index contributed by atoms with van der Waals surface area (Å²) in [6.07, 6.45) is 4.77. The number of benzene rings is 1. The van der Waals surface area contributed by atoms with Gasteiger partial charge in [0.2, 0.25) is 17.6 Å². The van der Waals surface area contributed by atoms with Gasteiger partial charge in [0.25, 0.3) is 0 Å². The molecule has 1 aromatic carbocycles. The fraction of sp³-hybridized carbons (Fsp3) is 0.353. The quantitative estimate of drug-likeness (QED) is 0.207. The summed E-state index contributed by atoms with van der Waals surface area (Å²) in [4.78, 5) is 48.2. The van der Waals surface area contributed by atoms with Crippen LogP contribution in [0.25, 0.3) is 0 Å². The number of esters is 1. The van der Waals surface area contributed by atoms with E-state index in [1.807, 2.05) is 12.2 Å². The molecule has 1 heterocycles. The van der Waals surface area contributed by atoms with Gasteiger partial charge in [0.1, 0.15) is 0 Å². The number of imide groups is 1. The fourth-order valence-electron chi connectivity index (χ4n) is 4.19. The maximum absolute atomic E-state index is 12.7. The molecule has 2 fully saturated rings. The molecule has 0 radical (unpaired) electrons. The summed E-state index contributed by atoms with van der Waals surface area (Å²) < 4.78 is 4.82. The van der Waals surface area contributed by atoms with E-state index >= 15 is 0 Å². The number of carbonyl (C=O) groups is 3. The molecule has 0 spiro atoms. The van der Waals surface area contributed by atoms with Gasteiger partial charge >= 0.3 is 11.7 Å². The van der Waals surface area contributed by atoms with Crippen molar-refractivity contribution in [1.29, 1.82) is 0 Å². The molecule has 25 heavy (non-hydrogen) atoms. The van der Waals surface area contributed by atoms with Crippen molar-refractivity contribution in [3.63, 3.8) is 0 Å². The number of amides is 2. The number of nitrogens with zero attached hydrogens (tertiary/aromatic N) is 2. The molecule has 4 atom stereocenters. The van der Waals surface area contributed by atoms with E-state index in [2.05, 4.69) is 0 Å². The first-order chi connectivity index (χ1) is 11.9. The predicted molar refractivity (Wildman–Crippen MR) is 84.6 cm³/mol. The van der Waals surface area contributed by atoms with Crippen molar-refractivity contribution in [1.82, 2.24) is 0 Å². The Kier molecular flexibility index (Phi) is 3.24. The zero-order valence-electron chi connectivity index (χ0n) is 13.2. The van der Waals surface area contributed by atoms with Crippen molar-refractivity contribution in [2.45, 2.75) is 13.3 Å². The summed E-state index contributed by atoms with van der Waals surface area (Å²) in [7, 11) is 0. The Balaban J connectivity index is 1.72. The molecular weight excluding hydrogens is 328 g/mol. The average Bonchev–Trinajstić information content (AvgIpc) is 3.21. The summed E-state index contributed by atoms with van der Waals surface area (Å²) >= 11 is 0. The van der Waals surface area contributed by atoms with Gasteiger partial charge in [-0.3, -0.25) is 24.5 Å². The van der Waals surface area contributed by atoms with Crippen LogP contribution < -0.4 is 9.64 Å². The van der Waals surface area contributed by atoms with E-state index in [0.29, 0.717) is 0 Å². The second-order valence-electron chi connectivity index (χ2n) is 6.51. The van der Waals surface area contributed by atoms with E-state index in [1.54, 1.807) is 0 Å². The van der Waals surface area contributed by atoms with Crippen molar-refractivity contribution in [3.05, 3.63) is 40.5 Å². The highest BCUT2D eigenvalue weighted by molar-refractivity contribution is 6.23. The summed E-state index contributed by atoms with van der Waals surface area (Å²) in [5.74, 6) is -2.19. The molecule has 0 N–H and O–H groups in total. The van der Waals surface area contributed by atoms with Crippen LogP contribution in [-0.2, 0) is 14.4 Å². The fourth-order valence-corrected chi connectivity index (χ4v) is 4.19. The second kappa shape index (κ2) is 5.23. The Bertz CT molecular complexity index is 831. The Morgan fingerprint density at radius 3 is 2.32 bits per heavy atom. The number of hydrogen-bond acceptors (Lipinski definition) is 6. The maximum atomic E-state index is 12.7. The molecule has 128 valence electrons. The van der Waals surface area contributed by atoms with E-state index in [-0.39, 0.29) is 46.9 Å². The minimum Gasteiger partial charge on any atom is -0.419 e. The van der Waals surface area contributed by atoms with Crippen LogP contribution >= 0.6 is 0 Å². The molecular formula is C17H14N2O6. The highest BCUT2D eigenvalue weighted by atomic mass is 16.6. The zero-order chi connectivity index (χ0) is 17.9. The Morgan fingerprint density at radius 2 is 1.80 bits per heavy atom. The standard InChI is InChI=1S/C17H14N2O6/c1-8(20)25-13-5-4-11(7-12(13)19(23)24)18-16(21)14-9-2-3-10(6-9)15(14)17(18)22/h2-5,7,9-10,14-15H,6H2,1H3/t9-,10-,14-,15+/m0/s1. The Morgan fingerprint density at radius 1 is 1.20 bits per heavy atom. The number of rotatable bonds is 3. The molecule has 1 saturated carbocycles. The molecule has 3 aliphatic rings. The van der Waals surface area contributed by atoms with Gasteiger partial charge in [-0.15, -0.1) is 0 Å². The van der Waals surface area contributed by atoms with Gasteiger partial charge in [-0.25, -0.2) is 4.90 Å². The van der Waals surface area contributed by atoms with E-state index < -0.39 is 16.6 Å². The molecule has 2 aliphatic carbocycles. The Hall–Kier alpha value is -3.03. The van der Waals surface area contributed by atoms with Gasteiger partial charge in [-0.2, -0.15) is 0 Å². The number of ether oxygens (including phenoxy) is 1. The minimum atomic E-state index is -0.709. The summed E-state index contributed by atoms with van der Waals surface area (Å²) in [6, 6.07) is 3.72. The van der Waals surface area contributed by atoms with E-state index in [0.717, 1.165) is 24.3 Å². The van der Waals surface area contributed by atoms with Gasteiger partial charge in [0.15, 0.2) is 0 Å². The van der Waals surface area contributed by atoms with Crippen LogP contribution in [0.1, 0.15) is 13.3 Å². The van der Waals surface area contributed by atoms with Crippen LogP contribution in [0.15, 0.2) is 30.4 Å². The molecule has 4 rings (SSSR count). The molecule has 0 unspecified atom stereocenters.